The van der Waals surface area contributed by atoms with Crippen LogP contribution in [0.15, 0.2) is 413 Å². The average Bonchev–Trinajstić information content (AvgIpc) is 1.50. The SMILES string of the molecule is CC1(C)c2cc(-c3ccc4c(c3)C3(c5cc(-c6ccc7c(c6)C(C)(C)c6cc(-c8c9ccccc9cc9c8ccc8ccccc89)ccc6-7)ccc5-c5ccc(-c6c7ccccc7cc7c6ccc6ccccc67)cc53)c3cc(-c5c6ccccc6cc6c5ccc5ccccc56)ccc3-4)ccc2-c2ccc(-c3c4ccccc4cc4c3ccc3ccccc34)cc21. The zero-order valence-corrected chi connectivity index (χ0v) is 70.8. The third kappa shape index (κ3) is 9.77. The first-order valence-electron chi connectivity index (χ1n) is 45.0. The van der Waals surface area contributed by atoms with Crippen LogP contribution in [0.25, 0.3) is 241 Å². The van der Waals surface area contributed by atoms with Gasteiger partial charge in [0.05, 0.1) is 5.41 Å². The Morgan fingerprint density at radius 3 is 0.551 bits per heavy atom. The van der Waals surface area contributed by atoms with E-state index in [0.717, 1.165) is 0 Å². The van der Waals surface area contributed by atoms with Crippen molar-refractivity contribution >= 4 is 129 Å². The summed E-state index contributed by atoms with van der Waals surface area (Å²) in [6.45, 7) is 9.85. The summed E-state index contributed by atoms with van der Waals surface area (Å²) in [4.78, 5) is 0. The van der Waals surface area contributed by atoms with E-state index in [4.69, 9.17) is 0 Å². The lowest BCUT2D eigenvalue weighted by Gasteiger charge is -2.32. The molecule has 0 bridgehead atoms. The van der Waals surface area contributed by atoms with E-state index in [2.05, 4.69) is 440 Å². The maximum Gasteiger partial charge on any atom is 0.0726 e. The molecule has 0 heterocycles. The molecular weight excluding hydrogens is 1530 g/mol. The van der Waals surface area contributed by atoms with Gasteiger partial charge in [0.15, 0.2) is 0 Å². The number of hydrogen-bond donors (Lipinski definition) is 0. The molecule has 0 heteroatoms. The maximum absolute atomic E-state index is 2.66. The fourth-order valence-corrected chi connectivity index (χ4v) is 24.6. The molecule has 0 fully saturated rings. The van der Waals surface area contributed by atoms with Crippen molar-refractivity contribution in [1.29, 1.82) is 0 Å². The minimum absolute atomic E-state index is 0.331. The van der Waals surface area contributed by atoms with Crippen molar-refractivity contribution in [3.63, 3.8) is 0 Å². The highest BCUT2D eigenvalue weighted by molar-refractivity contribution is 6.25. The Hall–Kier alpha value is -15.6. The van der Waals surface area contributed by atoms with E-state index in [1.54, 1.807) is 0 Å². The minimum atomic E-state index is -0.852. The standard InChI is InChI=1S/C127H80/c1-125(2)113-65-77(41-49-97(113)99-53-45-85(69-115(99)125)121-93-33-17-9-25-81(93)61-109-89-29-13-5-21-73(89)37-57-105(109)121)79-43-51-101-103-55-47-87(123-95-35-19-11-27-83(95)63-111-91-31-15-7-23-75(91)39-59-107(111)123)71-119(103)127(117(101)67-79)118-68-80(44-52-102(118)104-56-48-88(72-120(104)127)124-96-36-20-12-28-84(96)64-112-92-32-16-8-24-76(92)40-60-108(112)124)78-42-50-98-100-54-46-86(70-116(100)126(3,4)114(98)66-78)122-94-34-18-10-26-82(94)62-110-90-30-14-6-22-74(90)38-58-106(110)122/h5-72H,1-4H3. The molecule has 28 rings (SSSR count). The first-order valence-corrected chi connectivity index (χ1v) is 45.0. The Kier molecular flexibility index (Phi) is 14.4. The zero-order chi connectivity index (χ0) is 83.6. The van der Waals surface area contributed by atoms with Crippen LogP contribution < -0.4 is 0 Å². The second-order valence-corrected chi connectivity index (χ2v) is 37.5. The van der Waals surface area contributed by atoms with E-state index >= 15 is 0 Å². The summed E-state index contributed by atoms with van der Waals surface area (Å²) in [7, 11) is 0. The zero-order valence-electron chi connectivity index (χ0n) is 70.8. The molecule has 0 radical (unpaired) electrons. The molecule has 0 aromatic heterocycles. The van der Waals surface area contributed by atoms with Crippen molar-refractivity contribution in [3.8, 4) is 111 Å². The molecule has 1 spiro atoms. The number of fused-ring (bicyclic) bond motifs is 32. The van der Waals surface area contributed by atoms with Gasteiger partial charge in [0.25, 0.3) is 0 Å². The van der Waals surface area contributed by atoms with Crippen LogP contribution in [0.3, 0.4) is 0 Å². The number of hydrogen-bond acceptors (Lipinski definition) is 0. The summed E-state index contributed by atoms with van der Waals surface area (Å²) in [5.74, 6) is 0. The Balaban J connectivity index is 0.665. The van der Waals surface area contributed by atoms with Gasteiger partial charge >= 0.3 is 0 Å². The van der Waals surface area contributed by atoms with E-state index in [0.29, 0.717) is 0 Å². The summed E-state index contributed by atoms with van der Waals surface area (Å²) in [6.07, 6.45) is 0. The Labute approximate surface area is 736 Å². The van der Waals surface area contributed by atoms with E-state index in [-0.39, 0.29) is 10.8 Å². The van der Waals surface area contributed by atoms with Gasteiger partial charge in [-0.05, 0) is 358 Å². The van der Waals surface area contributed by atoms with E-state index in [9.17, 15) is 0 Å². The molecule has 0 unspecified atom stereocenters. The van der Waals surface area contributed by atoms with Crippen molar-refractivity contribution in [2.75, 3.05) is 0 Å². The van der Waals surface area contributed by atoms with Gasteiger partial charge in [0.2, 0.25) is 0 Å². The van der Waals surface area contributed by atoms with E-state index in [1.165, 1.54) is 285 Å². The summed E-state index contributed by atoms with van der Waals surface area (Å²) in [6, 6.07) is 160. The molecule has 0 N–H and O–H groups in total. The van der Waals surface area contributed by atoms with Gasteiger partial charge in [-0.25, -0.2) is 0 Å². The quantitative estimate of drug-likeness (QED) is 0.115. The molecule has 127 heavy (non-hydrogen) atoms. The second-order valence-electron chi connectivity index (χ2n) is 37.5. The largest absolute Gasteiger partial charge is 0.0726 e. The molecular formula is C127H80. The number of benzene rings is 24. The number of rotatable bonds is 6. The molecule has 0 saturated heterocycles. The monoisotopic (exact) mass is 1600 g/mol. The second kappa shape index (κ2) is 25.8. The smallest absolute Gasteiger partial charge is 0.0616 e. The molecule has 4 aliphatic carbocycles. The molecule has 4 aliphatic rings. The average molecular weight is 1610 g/mol. The van der Waals surface area contributed by atoms with Gasteiger partial charge in [-0.2, -0.15) is 0 Å². The predicted molar refractivity (Wildman–Crippen MR) is 541 cm³/mol. The molecule has 24 aromatic carbocycles. The van der Waals surface area contributed by atoms with Gasteiger partial charge in [-0.1, -0.05) is 367 Å². The van der Waals surface area contributed by atoms with Gasteiger partial charge in [-0.3, -0.25) is 0 Å². The van der Waals surface area contributed by atoms with Crippen LogP contribution in [0.5, 0.6) is 0 Å². The Morgan fingerprint density at radius 1 is 0.126 bits per heavy atom. The van der Waals surface area contributed by atoms with E-state index < -0.39 is 5.41 Å². The molecule has 0 aliphatic heterocycles. The Morgan fingerprint density at radius 2 is 0.307 bits per heavy atom. The summed E-state index contributed by atoms with van der Waals surface area (Å²) < 4.78 is 0. The first-order chi connectivity index (χ1) is 62.4. The first kappa shape index (κ1) is 70.9. The highest BCUT2D eigenvalue weighted by atomic mass is 14.5. The molecule has 0 atom stereocenters. The van der Waals surface area contributed by atoms with Crippen molar-refractivity contribution in [2.45, 2.75) is 43.9 Å². The van der Waals surface area contributed by atoms with Crippen LogP contribution in [0, 0.1) is 0 Å². The molecule has 588 valence electrons. The van der Waals surface area contributed by atoms with Crippen LogP contribution in [0.1, 0.15) is 72.2 Å². The summed E-state index contributed by atoms with van der Waals surface area (Å²) >= 11 is 0. The fraction of sp³-hybridized carbons (Fsp3) is 0.0551. The van der Waals surface area contributed by atoms with Crippen LogP contribution in [0.2, 0.25) is 0 Å². The summed E-state index contributed by atoms with van der Waals surface area (Å²) in [5.41, 5.74) is 34.1. The molecule has 0 nitrogen and oxygen atoms in total. The van der Waals surface area contributed by atoms with Gasteiger partial charge in [0.1, 0.15) is 0 Å². The van der Waals surface area contributed by atoms with Crippen LogP contribution in [-0.2, 0) is 16.2 Å². The van der Waals surface area contributed by atoms with Crippen molar-refractivity contribution in [1.82, 2.24) is 0 Å². The van der Waals surface area contributed by atoms with Gasteiger partial charge < -0.3 is 0 Å². The van der Waals surface area contributed by atoms with Crippen molar-refractivity contribution in [3.05, 3.63) is 457 Å². The van der Waals surface area contributed by atoms with Crippen LogP contribution >= 0.6 is 0 Å². The Bertz CT molecular complexity index is 8620. The topological polar surface area (TPSA) is 0 Å². The van der Waals surface area contributed by atoms with Crippen molar-refractivity contribution in [2.24, 2.45) is 0 Å². The maximum atomic E-state index is 2.66. The molecule has 24 aromatic rings. The normalized spacial score (nSPS) is 14.0. The summed E-state index contributed by atoms with van der Waals surface area (Å²) in [5, 5.41) is 30.2. The fourth-order valence-electron chi connectivity index (χ4n) is 24.6. The predicted octanol–water partition coefficient (Wildman–Crippen LogP) is 34.5. The molecule has 0 amide bonds. The van der Waals surface area contributed by atoms with E-state index in [1.807, 2.05) is 0 Å². The van der Waals surface area contributed by atoms with Crippen LogP contribution in [-0.4, -0.2) is 0 Å². The van der Waals surface area contributed by atoms with Gasteiger partial charge in [-0.15, -0.1) is 0 Å². The highest BCUT2D eigenvalue weighted by Crippen LogP contribution is 2.66. The van der Waals surface area contributed by atoms with Crippen molar-refractivity contribution < 1.29 is 0 Å². The lowest BCUT2D eigenvalue weighted by molar-refractivity contribution is 0.660. The molecule has 0 saturated carbocycles. The lowest BCUT2D eigenvalue weighted by atomic mass is 9.69. The highest BCUT2D eigenvalue weighted by Gasteiger charge is 2.53. The lowest BCUT2D eigenvalue weighted by Crippen LogP contribution is -2.26. The van der Waals surface area contributed by atoms with Gasteiger partial charge in [0, 0.05) is 10.8 Å². The van der Waals surface area contributed by atoms with Crippen LogP contribution in [0.4, 0.5) is 0 Å². The third-order valence-electron chi connectivity index (χ3n) is 30.5. The third-order valence-corrected chi connectivity index (χ3v) is 30.5. The minimum Gasteiger partial charge on any atom is -0.0616 e.